The van der Waals surface area contributed by atoms with Crippen molar-refractivity contribution in [2.24, 2.45) is 0 Å². The molecule has 0 aliphatic carbocycles. The maximum absolute atomic E-state index is 12.3. The Morgan fingerprint density at radius 2 is 2.04 bits per heavy atom. The van der Waals surface area contributed by atoms with Crippen LogP contribution in [0.3, 0.4) is 0 Å². The van der Waals surface area contributed by atoms with Gasteiger partial charge in [0.1, 0.15) is 17.3 Å². The predicted molar refractivity (Wildman–Crippen MR) is 108 cm³/mol. The molecule has 1 fully saturated rings. The van der Waals surface area contributed by atoms with Crippen molar-refractivity contribution in [2.45, 2.75) is 31.7 Å². The Labute approximate surface area is 165 Å². The fourth-order valence-corrected chi connectivity index (χ4v) is 3.67. The van der Waals surface area contributed by atoms with Crippen molar-refractivity contribution in [1.29, 1.82) is 0 Å². The minimum Gasteiger partial charge on any atom is -0.379 e. The highest BCUT2D eigenvalue weighted by Crippen LogP contribution is 2.21. The second-order valence-corrected chi connectivity index (χ2v) is 7.25. The lowest BCUT2D eigenvalue weighted by Gasteiger charge is -2.24. The summed E-state index contributed by atoms with van der Waals surface area (Å²) in [5.74, 6) is 1.41. The van der Waals surface area contributed by atoms with Crippen LogP contribution in [-0.4, -0.2) is 54.8 Å². The third-order valence-electron chi connectivity index (χ3n) is 5.19. The molecule has 2 aliphatic heterocycles. The second-order valence-electron chi connectivity index (χ2n) is 7.25. The number of amides is 1. The van der Waals surface area contributed by atoms with Crippen molar-refractivity contribution in [1.82, 2.24) is 20.6 Å². The van der Waals surface area contributed by atoms with E-state index in [4.69, 9.17) is 9.72 Å². The zero-order valence-corrected chi connectivity index (χ0v) is 16.0. The summed E-state index contributed by atoms with van der Waals surface area (Å²) in [4.78, 5) is 21.7. The normalized spacial score (nSPS) is 19.0. The summed E-state index contributed by atoms with van der Waals surface area (Å²) in [6, 6.07) is 10.6. The van der Waals surface area contributed by atoms with E-state index in [-0.39, 0.29) is 5.91 Å². The van der Waals surface area contributed by atoms with Gasteiger partial charge in [0.2, 0.25) is 0 Å². The first-order valence-corrected chi connectivity index (χ1v) is 10.1. The number of hydrogen-bond acceptors (Lipinski definition) is 6. The molecule has 28 heavy (non-hydrogen) atoms. The van der Waals surface area contributed by atoms with Crippen LogP contribution in [0.25, 0.3) is 0 Å². The Bertz CT molecular complexity index is 806. The molecule has 1 atom stereocenters. The van der Waals surface area contributed by atoms with E-state index in [9.17, 15) is 4.79 Å². The minimum absolute atomic E-state index is 0.102. The van der Waals surface area contributed by atoms with Gasteiger partial charge in [-0.05, 0) is 24.8 Å². The van der Waals surface area contributed by atoms with Gasteiger partial charge in [0, 0.05) is 37.7 Å². The van der Waals surface area contributed by atoms with Gasteiger partial charge in [0.15, 0.2) is 0 Å². The highest BCUT2D eigenvalue weighted by molar-refractivity contribution is 5.96. The number of rotatable bonds is 7. The highest BCUT2D eigenvalue weighted by Gasteiger charge is 2.23. The van der Waals surface area contributed by atoms with E-state index in [0.29, 0.717) is 30.5 Å². The molecule has 2 aliphatic rings. The average molecular weight is 381 g/mol. The number of carbonyl (C=O) groups excluding carboxylic acids is 1. The summed E-state index contributed by atoms with van der Waals surface area (Å²) >= 11 is 0. The molecule has 2 aromatic rings. The number of aryl methyl sites for hydroxylation is 2. The Balaban J connectivity index is 1.46. The van der Waals surface area contributed by atoms with Crippen LogP contribution in [0, 0.1) is 0 Å². The molecule has 0 saturated carbocycles. The Morgan fingerprint density at radius 3 is 2.86 bits per heavy atom. The van der Waals surface area contributed by atoms with Crippen LogP contribution < -0.4 is 16.0 Å². The maximum Gasteiger partial charge on any atom is 0.270 e. The molecule has 7 heteroatoms. The summed E-state index contributed by atoms with van der Waals surface area (Å²) in [6.45, 7) is 3.84. The van der Waals surface area contributed by atoms with Crippen LogP contribution in [0.1, 0.15) is 33.9 Å². The van der Waals surface area contributed by atoms with Crippen molar-refractivity contribution in [3.05, 3.63) is 53.0 Å². The predicted octanol–water partition coefficient (Wildman–Crippen LogP) is 1.34. The van der Waals surface area contributed by atoms with Gasteiger partial charge >= 0.3 is 0 Å². The van der Waals surface area contributed by atoms with E-state index in [1.807, 2.05) is 18.2 Å². The topological polar surface area (TPSA) is 88.2 Å². The number of hydrogen-bond donors (Lipinski definition) is 3. The first-order chi connectivity index (χ1) is 13.8. The smallest absolute Gasteiger partial charge is 0.270 e. The number of nitrogens with zero attached hydrogens (tertiary/aromatic N) is 2. The zero-order valence-electron chi connectivity index (χ0n) is 16.0. The number of benzene rings is 1. The van der Waals surface area contributed by atoms with E-state index in [1.165, 1.54) is 5.56 Å². The molecule has 0 bridgehead atoms. The Hall–Kier alpha value is -2.51. The molecule has 3 heterocycles. The summed E-state index contributed by atoms with van der Waals surface area (Å²) < 4.78 is 5.51. The fourth-order valence-electron chi connectivity index (χ4n) is 3.67. The monoisotopic (exact) mass is 381 g/mol. The number of nitrogens with one attached hydrogen (secondary N) is 3. The van der Waals surface area contributed by atoms with Gasteiger partial charge in [-0.3, -0.25) is 4.79 Å². The third kappa shape index (κ3) is 4.66. The largest absolute Gasteiger partial charge is 0.379 e. The van der Waals surface area contributed by atoms with Gasteiger partial charge in [-0.15, -0.1) is 0 Å². The first-order valence-electron chi connectivity index (χ1n) is 10.1. The summed E-state index contributed by atoms with van der Waals surface area (Å²) in [6.07, 6.45) is 3.26. The minimum atomic E-state index is -0.102. The number of morpholine rings is 1. The summed E-state index contributed by atoms with van der Waals surface area (Å²) in [5.41, 5.74) is 2.69. The Kier molecular flexibility index (Phi) is 6.14. The number of fused-ring (bicyclic) bond motifs is 1. The molecule has 1 aromatic heterocycles. The van der Waals surface area contributed by atoms with E-state index in [2.05, 4.69) is 33.1 Å². The number of anilines is 1. The van der Waals surface area contributed by atoms with E-state index in [1.54, 1.807) is 0 Å². The lowest BCUT2D eigenvalue weighted by molar-refractivity contribution is 0.0753. The lowest BCUT2D eigenvalue weighted by atomic mass is 10.1. The molecule has 7 nitrogen and oxygen atoms in total. The SMILES string of the molecule is O=C1NCCc2c(NCCC3COCCN3)nc(CCc3ccccc3)nc21. The number of aromatic nitrogens is 2. The summed E-state index contributed by atoms with van der Waals surface area (Å²) in [7, 11) is 0. The van der Waals surface area contributed by atoms with Crippen LogP contribution in [0.5, 0.6) is 0 Å². The average Bonchev–Trinajstić information content (AvgIpc) is 2.74. The molecule has 0 spiro atoms. The molecule has 1 saturated heterocycles. The van der Waals surface area contributed by atoms with E-state index >= 15 is 0 Å². The van der Waals surface area contributed by atoms with Gasteiger partial charge in [-0.1, -0.05) is 30.3 Å². The second kappa shape index (κ2) is 9.12. The van der Waals surface area contributed by atoms with Gasteiger partial charge in [0.25, 0.3) is 5.91 Å². The molecular weight excluding hydrogens is 354 g/mol. The zero-order chi connectivity index (χ0) is 19.2. The van der Waals surface area contributed by atoms with Crippen LogP contribution in [-0.2, 0) is 24.0 Å². The van der Waals surface area contributed by atoms with Crippen molar-refractivity contribution in [3.63, 3.8) is 0 Å². The van der Waals surface area contributed by atoms with Crippen molar-refractivity contribution >= 4 is 11.7 Å². The van der Waals surface area contributed by atoms with Crippen molar-refractivity contribution < 1.29 is 9.53 Å². The Morgan fingerprint density at radius 1 is 1.14 bits per heavy atom. The molecule has 1 amide bonds. The van der Waals surface area contributed by atoms with Gasteiger partial charge in [0.05, 0.1) is 13.2 Å². The van der Waals surface area contributed by atoms with Gasteiger partial charge < -0.3 is 20.7 Å². The number of ether oxygens (including phenoxy) is 1. The molecule has 1 aromatic carbocycles. The maximum atomic E-state index is 12.3. The first kappa shape index (κ1) is 18.8. The standard InChI is InChI=1S/C21H27N5O2/c27-21-19-17(9-11-24-21)20(23-10-8-16-14-28-13-12-22-16)26-18(25-19)7-6-15-4-2-1-3-5-15/h1-5,16,22H,6-14H2,(H,24,27)(H,23,25,26). The molecule has 3 N–H and O–H groups in total. The number of carbonyl (C=O) groups is 1. The third-order valence-corrected chi connectivity index (χ3v) is 5.19. The summed E-state index contributed by atoms with van der Waals surface area (Å²) in [5, 5.41) is 9.81. The molecule has 148 valence electrons. The lowest BCUT2D eigenvalue weighted by Crippen LogP contribution is -2.42. The molecular formula is C21H27N5O2. The molecule has 0 radical (unpaired) electrons. The van der Waals surface area contributed by atoms with Crippen molar-refractivity contribution in [2.75, 3.05) is 38.2 Å². The van der Waals surface area contributed by atoms with Crippen LogP contribution >= 0.6 is 0 Å². The molecule has 1 unspecified atom stereocenters. The fraction of sp³-hybridized carbons (Fsp3) is 0.476. The van der Waals surface area contributed by atoms with Crippen molar-refractivity contribution in [3.8, 4) is 0 Å². The van der Waals surface area contributed by atoms with Gasteiger partial charge in [-0.25, -0.2) is 9.97 Å². The molecule has 4 rings (SSSR count). The quantitative estimate of drug-likeness (QED) is 0.671. The van der Waals surface area contributed by atoms with E-state index in [0.717, 1.165) is 56.9 Å². The van der Waals surface area contributed by atoms with E-state index < -0.39 is 0 Å². The van der Waals surface area contributed by atoms with Crippen LogP contribution in [0.2, 0.25) is 0 Å². The van der Waals surface area contributed by atoms with Gasteiger partial charge in [-0.2, -0.15) is 0 Å². The van der Waals surface area contributed by atoms with Crippen LogP contribution in [0.4, 0.5) is 5.82 Å². The highest BCUT2D eigenvalue weighted by atomic mass is 16.5. The van der Waals surface area contributed by atoms with Crippen LogP contribution in [0.15, 0.2) is 30.3 Å².